The van der Waals surface area contributed by atoms with E-state index in [1.165, 1.54) is 22.5 Å². The van der Waals surface area contributed by atoms with Crippen molar-refractivity contribution in [2.24, 2.45) is 0 Å². The summed E-state index contributed by atoms with van der Waals surface area (Å²) in [4.78, 5) is 12.4. The Hall–Kier alpha value is -1.41. The molecule has 0 N–H and O–H groups in total. The van der Waals surface area contributed by atoms with Crippen LogP contribution < -0.4 is 4.74 Å². The molecule has 0 saturated heterocycles. The number of nitrogens with zero attached hydrogens (tertiary/aromatic N) is 1. The first-order valence-corrected chi connectivity index (χ1v) is 10.2. The second kappa shape index (κ2) is 8.31. The Kier molecular flexibility index (Phi) is 6.62. The third kappa shape index (κ3) is 4.41. The highest BCUT2D eigenvalue weighted by atomic mass is 79.9. The third-order valence-electron chi connectivity index (χ3n) is 3.54. The Morgan fingerprint density at radius 1 is 1.16 bits per heavy atom. The van der Waals surface area contributed by atoms with E-state index >= 15 is 0 Å². The molecule has 0 radical (unpaired) electrons. The highest BCUT2D eigenvalue weighted by molar-refractivity contribution is 9.10. The molecule has 0 atom stereocenters. The van der Waals surface area contributed by atoms with Crippen LogP contribution in [0.15, 0.2) is 51.8 Å². The minimum atomic E-state index is -3.70. The van der Waals surface area contributed by atoms with Gasteiger partial charge < -0.3 is 4.74 Å². The molecule has 8 heteroatoms. The summed E-state index contributed by atoms with van der Waals surface area (Å²) < 4.78 is 32.5. The lowest BCUT2D eigenvalue weighted by Crippen LogP contribution is -2.30. The maximum absolute atomic E-state index is 12.6. The topological polar surface area (TPSA) is 63.7 Å². The molecule has 0 aromatic heterocycles. The third-order valence-corrected chi connectivity index (χ3v) is 6.57. The van der Waals surface area contributed by atoms with Gasteiger partial charge in [-0.05, 0) is 46.3 Å². The summed E-state index contributed by atoms with van der Waals surface area (Å²) in [6.07, 6.45) is 0. The molecule has 2 aromatic rings. The van der Waals surface area contributed by atoms with Crippen LogP contribution in [0.4, 0.5) is 0 Å². The van der Waals surface area contributed by atoms with E-state index in [4.69, 9.17) is 16.3 Å². The highest BCUT2D eigenvalue weighted by Crippen LogP contribution is 2.27. The van der Waals surface area contributed by atoms with Crippen molar-refractivity contribution in [1.82, 2.24) is 4.31 Å². The molecule has 0 amide bonds. The van der Waals surface area contributed by atoms with Gasteiger partial charge in [0, 0.05) is 13.1 Å². The van der Waals surface area contributed by atoms with Gasteiger partial charge in [0.2, 0.25) is 10.0 Å². The maximum atomic E-state index is 12.6. The number of carbonyl (C=O) groups excluding carboxylic acids is 1. The van der Waals surface area contributed by atoms with E-state index < -0.39 is 16.0 Å². The normalized spacial score (nSPS) is 11.6. The zero-order valence-electron chi connectivity index (χ0n) is 13.7. The number of benzene rings is 2. The van der Waals surface area contributed by atoms with Gasteiger partial charge in [-0.3, -0.25) is 0 Å². The monoisotopic (exact) mass is 445 g/mol. The summed E-state index contributed by atoms with van der Waals surface area (Å²) in [7, 11) is -3.70. The summed E-state index contributed by atoms with van der Waals surface area (Å²) in [6, 6.07) is 10.9. The maximum Gasteiger partial charge on any atom is 0.345 e. The largest absolute Gasteiger partial charge is 0.422 e. The number of hydrogen-bond donors (Lipinski definition) is 0. The Labute approximate surface area is 160 Å². The van der Waals surface area contributed by atoms with Crippen LogP contribution in [0.5, 0.6) is 5.75 Å². The lowest BCUT2D eigenvalue weighted by atomic mass is 10.2. The van der Waals surface area contributed by atoms with E-state index in [0.29, 0.717) is 23.3 Å². The zero-order chi connectivity index (χ0) is 18.6. The average Bonchev–Trinajstić information content (AvgIpc) is 2.58. The van der Waals surface area contributed by atoms with E-state index in [-0.39, 0.29) is 15.5 Å². The van der Waals surface area contributed by atoms with Gasteiger partial charge in [0.25, 0.3) is 0 Å². The number of ether oxygens (including phenoxy) is 1. The number of sulfonamides is 1. The lowest BCUT2D eigenvalue weighted by molar-refractivity contribution is 0.0733. The van der Waals surface area contributed by atoms with E-state index in [1.807, 2.05) is 0 Å². The van der Waals surface area contributed by atoms with Gasteiger partial charge in [0.05, 0.1) is 20.0 Å². The first kappa shape index (κ1) is 19.9. The van der Waals surface area contributed by atoms with Crippen LogP contribution in [0.3, 0.4) is 0 Å². The number of rotatable bonds is 6. The minimum Gasteiger partial charge on any atom is -0.422 e. The standard InChI is InChI=1S/C17H17BrClNO4S/c1-3-20(4-2)25(22,23)12-9-10-15(19)13(11-12)17(21)24-16-8-6-5-7-14(16)18/h5-11H,3-4H2,1-2H3. The molecule has 0 saturated carbocycles. The van der Waals surface area contributed by atoms with Gasteiger partial charge in [-0.15, -0.1) is 0 Å². The summed E-state index contributed by atoms with van der Waals surface area (Å²) in [5.74, 6) is -0.408. The van der Waals surface area contributed by atoms with Gasteiger partial charge in [-0.25, -0.2) is 13.2 Å². The first-order valence-electron chi connectivity index (χ1n) is 7.57. The van der Waals surface area contributed by atoms with Gasteiger partial charge in [0.1, 0.15) is 5.75 Å². The Bertz CT molecular complexity index is 882. The van der Waals surface area contributed by atoms with Crippen LogP contribution in [-0.4, -0.2) is 31.8 Å². The molecule has 2 rings (SSSR count). The summed E-state index contributed by atoms with van der Waals surface area (Å²) >= 11 is 9.36. The molecular formula is C17H17BrClNO4S. The van der Waals surface area contributed by atoms with Crippen molar-refractivity contribution < 1.29 is 17.9 Å². The lowest BCUT2D eigenvalue weighted by Gasteiger charge is -2.19. The molecular weight excluding hydrogens is 430 g/mol. The van der Waals surface area contributed by atoms with Crippen LogP contribution in [0, 0.1) is 0 Å². The molecule has 0 unspecified atom stereocenters. The molecule has 0 aliphatic carbocycles. The highest BCUT2D eigenvalue weighted by Gasteiger charge is 2.24. The fourth-order valence-electron chi connectivity index (χ4n) is 2.22. The smallest absolute Gasteiger partial charge is 0.345 e. The van der Waals surface area contributed by atoms with Crippen LogP contribution in [0.2, 0.25) is 5.02 Å². The predicted molar refractivity (Wildman–Crippen MR) is 101 cm³/mol. The van der Waals surface area contributed by atoms with E-state index in [0.717, 1.165) is 0 Å². The Morgan fingerprint density at radius 2 is 1.80 bits per heavy atom. The Balaban J connectivity index is 2.39. The molecule has 25 heavy (non-hydrogen) atoms. The zero-order valence-corrected chi connectivity index (χ0v) is 16.9. The quantitative estimate of drug-likeness (QED) is 0.489. The molecule has 0 bridgehead atoms. The van der Waals surface area contributed by atoms with Gasteiger partial charge >= 0.3 is 5.97 Å². The molecule has 0 aliphatic heterocycles. The molecule has 134 valence electrons. The number of hydrogen-bond acceptors (Lipinski definition) is 4. The van der Waals surface area contributed by atoms with Crippen molar-refractivity contribution in [3.8, 4) is 5.75 Å². The fourth-order valence-corrected chi connectivity index (χ4v) is 4.26. The number of carbonyl (C=O) groups is 1. The van der Waals surface area contributed by atoms with Gasteiger partial charge in [-0.2, -0.15) is 4.31 Å². The second-order valence-corrected chi connectivity index (χ2v) is 8.25. The van der Waals surface area contributed by atoms with E-state index in [9.17, 15) is 13.2 Å². The second-order valence-electron chi connectivity index (χ2n) is 5.05. The molecule has 0 fully saturated rings. The summed E-state index contributed by atoms with van der Waals surface area (Å²) in [5, 5.41) is 0.121. The van der Waals surface area contributed by atoms with Crippen molar-refractivity contribution in [3.05, 3.63) is 57.5 Å². The van der Waals surface area contributed by atoms with Gasteiger partial charge in [0.15, 0.2) is 0 Å². The SMILES string of the molecule is CCN(CC)S(=O)(=O)c1ccc(Cl)c(C(=O)Oc2ccccc2Br)c1. The number of esters is 1. The van der Waals surface area contributed by atoms with Crippen LogP contribution >= 0.6 is 27.5 Å². The molecule has 0 heterocycles. The van der Waals surface area contributed by atoms with Crippen LogP contribution in [0.1, 0.15) is 24.2 Å². The number of halogens is 2. The molecule has 0 spiro atoms. The molecule has 2 aromatic carbocycles. The van der Waals surface area contributed by atoms with Crippen molar-refractivity contribution in [2.45, 2.75) is 18.7 Å². The first-order chi connectivity index (χ1) is 11.8. The fraction of sp³-hybridized carbons (Fsp3) is 0.235. The van der Waals surface area contributed by atoms with Gasteiger partial charge in [-0.1, -0.05) is 37.6 Å². The van der Waals surface area contributed by atoms with Crippen molar-refractivity contribution in [3.63, 3.8) is 0 Å². The van der Waals surface area contributed by atoms with Crippen molar-refractivity contribution in [1.29, 1.82) is 0 Å². The van der Waals surface area contributed by atoms with Crippen LogP contribution in [0.25, 0.3) is 0 Å². The Morgan fingerprint density at radius 3 is 2.40 bits per heavy atom. The molecule has 5 nitrogen and oxygen atoms in total. The van der Waals surface area contributed by atoms with E-state index in [1.54, 1.807) is 38.1 Å². The van der Waals surface area contributed by atoms with Crippen LogP contribution in [-0.2, 0) is 10.0 Å². The predicted octanol–water partition coefficient (Wildman–Crippen LogP) is 4.35. The average molecular weight is 447 g/mol. The van der Waals surface area contributed by atoms with Crippen molar-refractivity contribution in [2.75, 3.05) is 13.1 Å². The number of para-hydroxylation sites is 1. The van der Waals surface area contributed by atoms with Crippen molar-refractivity contribution >= 4 is 43.5 Å². The summed E-state index contributed by atoms with van der Waals surface area (Å²) in [6.45, 7) is 4.16. The summed E-state index contributed by atoms with van der Waals surface area (Å²) in [5.41, 5.74) is -0.00866. The minimum absolute atomic E-state index is 0.000299. The molecule has 0 aliphatic rings. The van der Waals surface area contributed by atoms with E-state index in [2.05, 4.69) is 15.9 Å².